The number of nitrogens with one attached hydrogen (secondary N) is 1. The predicted molar refractivity (Wildman–Crippen MR) is 93.3 cm³/mol. The molecule has 2 aromatic rings. The highest BCUT2D eigenvalue weighted by Gasteiger charge is 2.29. The van der Waals surface area contributed by atoms with Gasteiger partial charge in [0.1, 0.15) is 11.3 Å². The van der Waals surface area contributed by atoms with Gasteiger partial charge in [-0.2, -0.15) is 0 Å². The van der Waals surface area contributed by atoms with Crippen LogP contribution in [-0.2, 0) is 4.74 Å². The zero-order chi connectivity index (χ0) is 17.6. The highest BCUT2D eigenvalue weighted by atomic mass is 16.5. The van der Waals surface area contributed by atoms with Crippen molar-refractivity contribution in [1.29, 1.82) is 0 Å². The normalized spacial score (nSPS) is 17.5. The fourth-order valence-corrected chi connectivity index (χ4v) is 3.16. The first kappa shape index (κ1) is 17.3. The molecule has 1 N–H and O–H groups in total. The van der Waals surface area contributed by atoms with Crippen LogP contribution in [0.5, 0.6) is 0 Å². The number of pyridine rings is 1. The van der Waals surface area contributed by atoms with Crippen LogP contribution in [0.25, 0.3) is 11.5 Å². The van der Waals surface area contributed by atoms with Gasteiger partial charge in [-0.05, 0) is 37.8 Å². The summed E-state index contributed by atoms with van der Waals surface area (Å²) in [6.45, 7) is 1.26. The largest absolute Gasteiger partial charge is 0.385 e. The molecular weight excluding hydrogens is 320 g/mol. The number of carbonyl (C=O) groups is 1. The smallest absolute Gasteiger partial charge is 0.264 e. The molecule has 7 nitrogen and oxygen atoms in total. The van der Waals surface area contributed by atoms with Crippen molar-refractivity contribution in [1.82, 2.24) is 19.9 Å². The molecule has 1 aliphatic heterocycles. The van der Waals surface area contributed by atoms with Crippen LogP contribution in [0.1, 0.15) is 36.0 Å². The maximum absolute atomic E-state index is 12.9. The van der Waals surface area contributed by atoms with E-state index in [-0.39, 0.29) is 17.5 Å². The number of rotatable bonds is 5. The number of amides is 1. The van der Waals surface area contributed by atoms with E-state index < -0.39 is 5.56 Å². The number of methoxy groups -OCH3 is 1. The van der Waals surface area contributed by atoms with E-state index in [1.54, 1.807) is 30.3 Å². The van der Waals surface area contributed by atoms with Crippen LogP contribution < -0.4 is 5.56 Å². The number of likely N-dealkylation sites (tertiary alicyclic amines) is 1. The first-order chi connectivity index (χ1) is 12.2. The summed E-state index contributed by atoms with van der Waals surface area (Å²) in [5, 5.41) is 0. The zero-order valence-electron chi connectivity index (χ0n) is 14.3. The van der Waals surface area contributed by atoms with Crippen molar-refractivity contribution in [2.75, 3.05) is 20.3 Å². The molecule has 2 aromatic heterocycles. The molecule has 7 heteroatoms. The Kier molecular flexibility index (Phi) is 5.55. The minimum atomic E-state index is -0.434. The van der Waals surface area contributed by atoms with E-state index in [1.807, 2.05) is 6.07 Å². The van der Waals surface area contributed by atoms with E-state index in [4.69, 9.17) is 4.74 Å². The predicted octanol–water partition coefficient (Wildman–Crippen LogP) is 1.86. The Hall–Kier alpha value is -2.54. The average Bonchev–Trinajstić information content (AvgIpc) is 2.66. The van der Waals surface area contributed by atoms with E-state index in [1.165, 1.54) is 6.20 Å². The summed E-state index contributed by atoms with van der Waals surface area (Å²) in [5.74, 6) is 0.0962. The van der Waals surface area contributed by atoms with Crippen LogP contribution in [0.3, 0.4) is 0 Å². The van der Waals surface area contributed by atoms with Gasteiger partial charge in [-0.3, -0.25) is 14.6 Å². The number of nitrogens with zero attached hydrogens (tertiary/aromatic N) is 3. The van der Waals surface area contributed by atoms with Gasteiger partial charge in [0, 0.05) is 38.7 Å². The van der Waals surface area contributed by atoms with Crippen LogP contribution in [0, 0.1) is 0 Å². The lowest BCUT2D eigenvalue weighted by molar-refractivity contribution is 0.0551. The Labute approximate surface area is 146 Å². The van der Waals surface area contributed by atoms with Crippen molar-refractivity contribution in [3.8, 4) is 11.5 Å². The SMILES string of the molecule is COCCC1CCCCN1C(=O)c1cnc(-c2ccccn2)[nH]c1=O. The molecular formula is C18H22N4O3. The quantitative estimate of drug-likeness (QED) is 0.896. The standard InChI is InChI=1S/C18H22N4O3/c1-25-11-8-13-6-3-5-10-22(13)18(24)14-12-20-16(21-17(14)23)15-7-2-4-9-19-15/h2,4,7,9,12-13H,3,5-6,8,10-11H2,1H3,(H,20,21,23). The first-order valence-corrected chi connectivity index (χ1v) is 8.51. The van der Waals surface area contributed by atoms with Crippen molar-refractivity contribution < 1.29 is 9.53 Å². The van der Waals surface area contributed by atoms with Gasteiger partial charge in [0.15, 0.2) is 5.82 Å². The maximum atomic E-state index is 12.9. The van der Waals surface area contributed by atoms with E-state index >= 15 is 0 Å². The van der Waals surface area contributed by atoms with Crippen LogP contribution in [-0.4, -0.2) is 52.1 Å². The summed E-state index contributed by atoms with van der Waals surface area (Å²) in [4.78, 5) is 38.1. The van der Waals surface area contributed by atoms with Gasteiger partial charge in [0.25, 0.3) is 11.5 Å². The van der Waals surface area contributed by atoms with E-state index in [0.29, 0.717) is 24.7 Å². The molecule has 25 heavy (non-hydrogen) atoms. The number of aromatic nitrogens is 3. The first-order valence-electron chi connectivity index (χ1n) is 8.51. The number of piperidine rings is 1. The van der Waals surface area contributed by atoms with Crippen molar-refractivity contribution >= 4 is 5.91 Å². The molecule has 1 aliphatic rings. The molecule has 0 spiro atoms. The molecule has 132 valence electrons. The molecule has 1 saturated heterocycles. The van der Waals surface area contributed by atoms with Crippen molar-refractivity contribution in [2.24, 2.45) is 0 Å². The second kappa shape index (κ2) is 8.02. The van der Waals surface area contributed by atoms with Crippen LogP contribution in [0.15, 0.2) is 35.4 Å². The van der Waals surface area contributed by atoms with Gasteiger partial charge < -0.3 is 14.6 Å². The van der Waals surface area contributed by atoms with Crippen LogP contribution in [0.4, 0.5) is 0 Å². The Bertz CT molecular complexity index is 775. The number of aromatic amines is 1. The van der Waals surface area contributed by atoms with Gasteiger partial charge >= 0.3 is 0 Å². The van der Waals surface area contributed by atoms with Gasteiger partial charge in [0.2, 0.25) is 0 Å². The highest BCUT2D eigenvalue weighted by molar-refractivity contribution is 5.94. The molecule has 1 atom stereocenters. The van der Waals surface area contributed by atoms with E-state index in [0.717, 1.165) is 25.7 Å². The molecule has 3 heterocycles. The molecule has 0 radical (unpaired) electrons. The Morgan fingerprint density at radius 1 is 1.36 bits per heavy atom. The molecule has 3 rings (SSSR count). The van der Waals surface area contributed by atoms with Crippen molar-refractivity contribution in [2.45, 2.75) is 31.7 Å². The van der Waals surface area contributed by atoms with Gasteiger partial charge in [0.05, 0.1) is 0 Å². The van der Waals surface area contributed by atoms with Gasteiger partial charge in [-0.1, -0.05) is 6.07 Å². The fraction of sp³-hybridized carbons (Fsp3) is 0.444. The summed E-state index contributed by atoms with van der Waals surface area (Å²) in [5.41, 5.74) is 0.204. The summed E-state index contributed by atoms with van der Waals surface area (Å²) >= 11 is 0. The topological polar surface area (TPSA) is 88.2 Å². The summed E-state index contributed by atoms with van der Waals surface area (Å²) in [6, 6.07) is 5.47. The fourth-order valence-electron chi connectivity index (χ4n) is 3.16. The lowest BCUT2D eigenvalue weighted by Crippen LogP contribution is -2.45. The Morgan fingerprint density at radius 2 is 2.24 bits per heavy atom. The molecule has 1 fully saturated rings. The summed E-state index contributed by atoms with van der Waals surface area (Å²) in [7, 11) is 1.65. The lowest BCUT2D eigenvalue weighted by Gasteiger charge is -2.35. The van der Waals surface area contributed by atoms with Crippen molar-refractivity contribution in [3.63, 3.8) is 0 Å². The van der Waals surface area contributed by atoms with Gasteiger partial charge in [-0.15, -0.1) is 0 Å². The number of hydrogen-bond donors (Lipinski definition) is 1. The third kappa shape index (κ3) is 3.93. The second-order valence-electron chi connectivity index (χ2n) is 6.12. The molecule has 1 amide bonds. The molecule has 0 saturated carbocycles. The maximum Gasteiger partial charge on any atom is 0.264 e. The number of hydrogen-bond acceptors (Lipinski definition) is 5. The number of ether oxygens (including phenoxy) is 1. The molecule has 1 unspecified atom stereocenters. The molecule has 0 aliphatic carbocycles. The third-order valence-corrected chi connectivity index (χ3v) is 4.48. The number of carbonyl (C=O) groups excluding carboxylic acids is 1. The summed E-state index contributed by atoms with van der Waals surface area (Å²) < 4.78 is 5.14. The Balaban J connectivity index is 1.83. The van der Waals surface area contributed by atoms with Crippen LogP contribution in [0.2, 0.25) is 0 Å². The van der Waals surface area contributed by atoms with Crippen LogP contribution >= 0.6 is 0 Å². The molecule has 0 aromatic carbocycles. The Morgan fingerprint density at radius 3 is 2.96 bits per heavy atom. The molecule has 0 bridgehead atoms. The second-order valence-corrected chi connectivity index (χ2v) is 6.12. The number of H-pyrrole nitrogens is 1. The van der Waals surface area contributed by atoms with E-state index in [2.05, 4.69) is 15.0 Å². The highest BCUT2D eigenvalue weighted by Crippen LogP contribution is 2.21. The lowest BCUT2D eigenvalue weighted by atomic mass is 9.99. The zero-order valence-corrected chi connectivity index (χ0v) is 14.3. The van der Waals surface area contributed by atoms with Crippen molar-refractivity contribution in [3.05, 3.63) is 46.5 Å². The van der Waals surface area contributed by atoms with Gasteiger partial charge in [-0.25, -0.2) is 4.98 Å². The average molecular weight is 342 g/mol. The minimum Gasteiger partial charge on any atom is -0.385 e. The van der Waals surface area contributed by atoms with E-state index in [9.17, 15) is 9.59 Å². The monoisotopic (exact) mass is 342 g/mol. The summed E-state index contributed by atoms with van der Waals surface area (Å²) in [6.07, 6.45) is 6.74. The third-order valence-electron chi connectivity index (χ3n) is 4.48. The minimum absolute atomic E-state index is 0.0731.